The van der Waals surface area contributed by atoms with Crippen molar-refractivity contribution in [3.8, 4) is 0 Å². The van der Waals surface area contributed by atoms with Crippen LogP contribution in [0.2, 0.25) is 0 Å². The molecule has 7 heteroatoms. The second-order valence-electron chi connectivity index (χ2n) is 7.01. The van der Waals surface area contributed by atoms with E-state index in [-0.39, 0.29) is 23.7 Å². The Morgan fingerprint density at radius 3 is 2.68 bits per heavy atom. The van der Waals surface area contributed by atoms with Gasteiger partial charge in [-0.25, -0.2) is 4.98 Å². The van der Waals surface area contributed by atoms with Gasteiger partial charge in [-0.1, -0.05) is 6.92 Å². The molecule has 2 amide bonds. The number of rotatable bonds is 5. The summed E-state index contributed by atoms with van der Waals surface area (Å²) in [5, 5.41) is 7.43. The molecule has 2 saturated heterocycles. The van der Waals surface area contributed by atoms with Crippen molar-refractivity contribution in [1.29, 1.82) is 0 Å². The fraction of sp³-hybridized carbons (Fsp3) is 0.722. The second-order valence-corrected chi connectivity index (χ2v) is 8.18. The molecule has 0 saturated carbocycles. The fourth-order valence-corrected chi connectivity index (χ4v) is 4.59. The van der Waals surface area contributed by atoms with Gasteiger partial charge in [0.2, 0.25) is 11.8 Å². The van der Waals surface area contributed by atoms with Gasteiger partial charge < -0.3 is 15.5 Å². The zero-order valence-electron chi connectivity index (χ0n) is 15.1. The molecule has 2 atom stereocenters. The standard InChI is InChI=1S/C18H28N4O2S/c1-3-16-21-12(2)15(25-16)11-20-17(23)13-8-14(10-19-9-13)18(24)22-6-4-5-7-22/h13-14,19H,3-11H2,1-2H3,(H,20,23). The molecule has 1 aromatic heterocycles. The van der Waals surface area contributed by atoms with Gasteiger partial charge in [0.1, 0.15) is 0 Å². The molecule has 0 aromatic carbocycles. The van der Waals surface area contributed by atoms with Gasteiger partial charge in [-0.15, -0.1) is 11.3 Å². The molecule has 0 aliphatic carbocycles. The smallest absolute Gasteiger partial charge is 0.226 e. The van der Waals surface area contributed by atoms with Crippen molar-refractivity contribution in [1.82, 2.24) is 20.5 Å². The van der Waals surface area contributed by atoms with Crippen LogP contribution in [-0.2, 0) is 22.6 Å². The summed E-state index contributed by atoms with van der Waals surface area (Å²) >= 11 is 1.67. The van der Waals surface area contributed by atoms with Crippen molar-refractivity contribution in [3.05, 3.63) is 15.6 Å². The van der Waals surface area contributed by atoms with Gasteiger partial charge in [-0.3, -0.25) is 9.59 Å². The summed E-state index contributed by atoms with van der Waals surface area (Å²) in [6.07, 6.45) is 3.77. The van der Waals surface area contributed by atoms with Crippen LogP contribution in [0.5, 0.6) is 0 Å². The molecule has 138 valence electrons. The Labute approximate surface area is 153 Å². The number of hydrogen-bond donors (Lipinski definition) is 2. The Hall–Kier alpha value is -1.47. The fourth-order valence-electron chi connectivity index (χ4n) is 3.64. The molecule has 2 aliphatic heterocycles. The lowest BCUT2D eigenvalue weighted by molar-refractivity contribution is -0.136. The maximum atomic E-state index is 12.6. The van der Waals surface area contributed by atoms with Gasteiger partial charge in [0.25, 0.3) is 0 Å². The van der Waals surface area contributed by atoms with Crippen LogP contribution in [0.25, 0.3) is 0 Å². The summed E-state index contributed by atoms with van der Waals surface area (Å²) in [7, 11) is 0. The average Bonchev–Trinajstić information content (AvgIpc) is 3.29. The SMILES string of the molecule is CCc1nc(C)c(CNC(=O)C2CNCC(C(=O)N3CCCC3)C2)s1. The summed E-state index contributed by atoms with van der Waals surface area (Å²) < 4.78 is 0. The second kappa shape index (κ2) is 8.27. The third-order valence-electron chi connectivity index (χ3n) is 5.15. The van der Waals surface area contributed by atoms with E-state index in [4.69, 9.17) is 0 Å². The Bertz CT molecular complexity index is 625. The van der Waals surface area contributed by atoms with Crippen LogP contribution in [0.15, 0.2) is 0 Å². The highest BCUT2D eigenvalue weighted by atomic mass is 32.1. The monoisotopic (exact) mass is 364 g/mol. The van der Waals surface area contributed by atoms with Gasteiger partial charge in [0.05, 0.1) is 29.1 Å². The number of amides is 2. The largest absolute Gasteiger partial charge is 0.351 e. The molecule has 3 heterocycles. The number of aromatic nitrogens is 1. The zero-order chi connectivity index (χ0) is 17.8. The van der Waals surface area contributed by atoms with Crippen molar-refractivity contribution in [3.63, 3.8) is 0 Å². The van der Waals surface area contributed by atoms with E-state index >= 15 is 0 Å². The van der Waals surface area contributed by atoms with E-state index in [2.05, 4.69) is 22.5 Å². The maximum Gasteiger partial charge on any atom is 0.226 e. The normalized spacial score (nSPS) is 23.7. The van der Waals surface area contributed by atoms with Crippen molar-refractivity contribution in [2.75, 3.05) is 26.2 Å². The Morgan fingerprint density at radius 2 is 2.00 bits per heavy atom. The molecule has 2 unspecified atom stereocenters. The lowest BCUT2D eigenvalue weighted by Gasteiger charge is -2.31. The van der Waals surface area contributed by atoms with Crippen molar-refractivity contribution in [2.45, 2.75) is 46.1 Å². The van der Waals surface area contributed by atoms with Gasteiger partial charge >= 0.3 is 0 Å². The van der Waals surface area contributed by atoms with Crippen molar-refractivity contribution < 1.29 is 9.59 Å². The van der Waals surface area contributed by atoms with Gasteiger partial charge in [-0.2, -0.15) is 0 Å². The number of likely N-dealkylation sites (tertiary alicyclic amines) is 1. The molecule has 0 radical (unpaired) electrons. The van der Waals surface area contributed by atoms with E-state index in [0.717, 1.165) is 47.9 Å². The number of nitrogens with zero attached hydrogens (tertiary/aromatic N) is 2. The maximum absolute atomic E-state index is 12.6. The van der Waals surface area contributed by atoms with Crippen LogP contribution in [0, 0.1) is 18.8 Å². The van der Waals surface area contributed by atoms with Crippen LogP contribution < -0.4 is 10.6 Å². The summed E-state index contributed by atoms with van der Waals surface area (Å²) in [4.78, 5) is 32.7. The first-order chi connectivity index (χ1) is 12.1. The van der Waals surface area contributed by atoms with Crippen LogP contribution in [0.4, 0.5) is 0 Å². The van der Waals surface area contributed by atoms with Crippen LogP contribution >= 0.6 is 11.3 Å². The Balaban J connectivity index is 1.52. The summed E-state index contributed by atoms with van der Waals surface area (Å²) in [6.45, 7) is 7.69. The van der Waals surface area contributed by atoms with Gasteiger partial charge in [0, 0.05) is 31.1 Å². The van der Waals surface area contributed by atoms with E-state index in [1.807, 2.05) is 11.8 Å². The molecule has 1 aromatic rings. The molecule has 3 rings (SSSR count). The quantitative estimate of drug-likeness (QED) is 0.830. The molecule has 2 aliphatic rings. The molecule has 6 nitrogen and oxygen atoms in total. The molecule has 0 bridgehead atoms. The number of hydrogen-bond acceptors (Lipinski definition) is 5. The van der Waals surface area contributed by atoms with E-state index in [9.17, 15) is 9.59 Å². The summed E-state index contributed by atoms with van der Waals surface area (Å²) in [5.74, 6) is 0.0503. The molecule has 2 fully saturated rings. The Kier molecular flexibility index (Phi) is 6.06. The highest BCUT2D eigenvalue weighted by molar-refractivity contribution is 7.11. The minimum Gasteiger partial charge on any atom is -0.351 e. The number of nitrogens with one attached hydrogen (secondary N) is 2. The van der Waals surface area contributed by atoms with Crippen LogP contribution in [-0.4, -0.2) is 47.9 Å². The third kappa shape index (κ3) is 4.39. The average molecular weight is 365 g/mol. The predicted molar refractivity (Wildman–Crippen MR) is 98.4 cm³/mol. The minimum absolute atomic E-state index is 0.0391. The van der Waals surface area contributed by atoms with E-state index in [0.29, 0.717) is 26.1 Å². The lowest BCUT2D eigenvalue weighted by Crippen LogP contribution is -2.48. The van der Waals surface area contributed by atoms with E-state index in [1.165, 1.54) is 0 Å². The number of aryl methyl sites for hydroxylation is 2. The van der Waals surface area contributed by atoms with Gasteiger partial charge in [-0.05, 0) is 32.6 Å². The third-order valence-corrected chi connectivity index (χ3v) is 6.45. The first-order valence-electron chi connectivity index (χ1n) is 9.30. The molecular formula is C18H28N4O2S. The van der Waals surface area contributed by atoms with E-state index in [1.54, 1.807) is 11.3 Å². The first kappa shape index (κ1) is 18.3. The highest BCUT2D eigenvalue weighted by Crippen LogP contribution is 2.22. The van der Waals surface area contributed by atoms with Crippen LogP contribution in [0.3, 0.4) is 0 Å². The number of thiazole rings is 1. The summed E-state index contributed by atoms with van der Waals surface area (Å²) in [6, 6.07) is 0. The highest BCUT2D eigenvalue weighted by Gasteiger charge is 2.34. The molecule has 25 heavy (non-hydrogen) atoms. The van der Waals surface area contributed by atoms with Gasteiger partial charge in [0.15, 0.2) is 0 Å². The first-order valence-corrected chi connectivity index (χ1v) is 10.1. The van der Waals surface area contributed by atoms with E-state index < -0.39 is 0 Å². The number of carbonyl (C=O) groups is 2. The molecule has 0 spiro atoms. The number of piperidine rings is 1. The lowest BCUT2D eigenvalue weighted by atomic mass is 9.89. The predicted octanol–water partition coefficient (Wildman–Crippen LogP) is 1.48. The van der Waals surface area contributed by atoms with Crippen molar-refractivity contribution >= 4 is 23.2 Å². The topological polar surface area (TPSA) is 74.3 Å². The number of carbonyl (C=O) groups excluding carboxylic acids is 2. The van der Waals surface area contributed by atoms with Crippen molar-refractivity contribution in [2.24, 2.45) is 11.8 Å². The zero-order valence-corrected chi connectivity index (χ0v) is 16.0. The Morgan fingerprint density at radius 1 is 1.28 bits per heavy atom. The molecule has 2 N–H and O–H groups in total. The molecular weight excluding hydrogens is 336 g/mol. The van der Waals surface area contributed by atoms with Crippen LogP contribution in [0.1, 0.15) is 41.8 Å². The summed E-state index contributed by atoms with van der Waals surface area (Å²) in [5.41, 5.74) is 1.01. The minimum atomic E-state index is -0.135.